The van der Waals surface area contributed by atoms with Crippen LogP contribution in [0, 0.1) is 0 Å². The first kappa shape index (κ1) is 14.4. The lowest BCUT2D eigenvalue weighted by Crippen LogP contribution is -2.47. The van der Waals surface area contributed by atoms with Gasteiger partial charge in [-0.1, -0.05) is 6.07 Å². The summed E-state index contributed by atoms with van der Waals surface area (Å²) in [4.78, 5) is 7.08. The normalized spacial score (nSPS) is 30.0. The van der Waals surface area contributed by atoms with Crippen LogP contribution >= 0.6 is 0 Å². The highest BCUT2D eigenvalue weighted by Crippen LogP contribution is 2.33. The summed E-state index contributed by atoms with van der Waals surface area (Å²) in [5.74, 6) is 0.363. The zero-order valence-corrected chi connectivity index (χ0v) is 13.0. The molecule has 1 aromatic rings. The maximum atomic E-state index is 6.25. The van der Waals surface area contributed by atoms with Gasteiger partial charge in [-0.3, -0.25) is 0 Å². The quantitative estimate of drug-likeness (QED) is 0.804. The number of nitrogens with one attached hydrogen (secondary N) is 1. The van der Waals surface area contributed by atoms with Crippen molar-refractivity contribution in [3.8, 4) is 0 Å². The van der Waals surface area contributed by atoms with Gasteiger partial charge in [0, 0.05) is 18.3 Å². The molecule has 0 aromatic carbocycles. The van der Waals surface area contributed by atoms with Crippen molar-refractivity contribution in [1.29, 1.82) is 0 Å². The van der Waals surface area contributed by atoms with E-state index in [2.05, 4.69) is 22.3 Å². The van der Waals surface area contributed by atoms with Crippen LogP contribution in [0.4, 0.5) is 5.82 Å². The van der Waals surface area contributed by atoms with Gasteiger partial charge in [0.15, 0.2) is 0 Å². The third-order valence-corrected chi connectivity index (χ3v) is 5.15. The third-order valence-electron chi connectivity index (χ3n) is 5.15. The van der Waals surface area contributed by atoms with Gasteiger partial charge in [0.2, 0.25) is 5.79 Å². The minimum absolute atomic E-state index is 0.124. The first-order valence-corrected chi connectivity index (χ1v) is 8.15. The average Bonchev–Trinajstić information content (AvgIpc) is 3.15. The highest BCUT2D eigenvalue weighted by atomic mass is 16.7. The molecule has 2 fully saturated rings. The summed E-state index contributed by atoms with van der Waals surface area (Å²) in [5.41, 5.74) is 8.84. The Balaban J connectivity index is 1.54. The Labute approximate surface area is 131 Å². The molecule has 1 aliphatic carbocycles. The Hall–Kier alpha value is -1.21. The number of fused-ring (bicyclic) bond motifs is 1. The number of ether oxygens (including phenoxy) is 2. The number of rotatable bonds is 2. The van der Waals surface area contributed by atoms with Crippen molar-refractivity contribution in [2.45, 2.75) is 37.1 Å². The zero-order valence-electron chi connectivity index (χ0n) is 13.0. The van der Waals surface area contributed by atoms with Crippen LogP contribution < -0.4 is 16.0 Å². The molecule has 0 bridgehead atoms. The first-order valence-electron chi connectivity index (χ1n) is 8.15. The predicted molar refractivity (Wildman–Crippen MR) is 83.9 cm³/mol. The molecule has 6 heteroatoms. The van der Waals surface area contributed by atoms with E-state index in [-0.39, 0.29) is 6.04 Å². The largest absolute Gasteiger partial charge is 0.349 e. The minimum Gasteiger partial charge on any atom is -0.349 e. The fourth-order valence-corrected chi connectivity index (χ4v) is 3.80. The molecule has 0 radical (unpaired) electrons. The summed E-state index contributed by atoms with van der Waals surface area (Å²) < 4.78 is 11.6. The molecule has 1 aromatic heterocycles. The van der Waals surface area contributed by atoms with E-state index in [1.807, 2.05) is 7.05 Å². The van der Waals surface area contributed by atoms with Crippen LogP contribution in [-0.4, -0.2) is 56.2 Å². The van der Waals surface area contributed by atoms with E-state index < -0.39 is 5.79 Å². The van der Waals surface area contributed by atoms with Crippen molar-refractivity contribution in [3.63, 3.8) is 0 Å². The summed E-state index contributed by atoms with van der Waals surface area (Å²) in [6.07, 6.45) is 3.25. The number of hydrogen-bond donors (Lipinski definition) is 2. The molecule has 3 N–H and O–H groups in total. The van der Waals surface area contributed by atoms with Gasteiger partial charge >= 0.3 is 0 Å². The Morgan fingerprint density at radius 3 is 2.95 bits per heavy atom. The molecule has 0 amide bonds. The molecule has 0 saturated carbocycles. The second kappa shape index (κ2) is 5.45. The van der Waals surface area contributed by atoms with Gasteiger partial charge in [-0.05, 0) is 37.9 Å². The first-order chi connectivity index (χ1) is 10.7. The number of anilines is 1. The van der Waals surface area contributed by atoms with Gasteiger partial charge in [-0.2, -0.15) is 0 Å². The SMILES string of the molecule is CNC1CCc2nc(N3CC(N)C4(C3)OCCO4)ccc2C1. The van der Waals surface area contributed by atoms with E-state index in [4.69, 9.17) is 20.2 Å². The predicted octanol–water partition coefficient (Wildman–Crippen LogP) is 0.0487. The summed E-state index contributed by atoms with van der Waals surface area (Å²) in [6.45, 7) is 2.65. The molecule has 1 spiro atoms. The third kappa shape index (κ3) is 2.31. The molecule has 4 rings (SSSR count). The molecule has 2 saturated heterocycles. The molecular weight excluding hydrogens is 280 g/mol. The van der Waals surface area contributed by atoms with Crippen LogP contribution in [0.5, 0.6) is 0 Å². The van der Waals surface area contributed by atoms with Crippen LogP contribution in [0.15, 0.2) is 12.1 Å². The molecular formula is C16H24N4O2. The lowest BCUT2D eigenvalue weighted by molar-refractivity contribution is -0.147. The minimum atomic E-state index is -0.630. The van der Waals surface area contributed by atoms with Crippen molar-refractivity contribution < 1.29 is 9.47 Å². The van der Waals surface area contributed by atoms with Crippen LogP contribution in [0.1, 0.15) is 17.7 Å². The summed E-state index contributed by atoms with van der Waals surface area (Å²) in [6, 6.07) is 4.77. The number of hydrogen-bond acceptors (Lipinski definition) is 6. The van der Waals surface area contributed by atoms with E-state index in [9.17, 15) is 0 Å². The lowest BCUT2D eigenvalue weighted by Gasteiger charge is -2.27. The number of nitrogens with two attached hydrogens (primary N) is 1. The van der Waals surface area contributed by atoms with E-state index >= 15 is 0 Å². The van der Waals surface area contributed by atoms with E-state index in [0.717, 1.165) is 31.6 Å². The van der Waals surface area contributed by atoms with Crippen LogP contribution in [-0.2, 0) is 22.3 Å². The van der Waals surface area contributed by atoms with Crippen molar-refractivity contribution in [1.82, 2.24) is 10.3 Å². The molecule has 3 aliphatic rings. The monoisotopic (exact) mass is 304 g/mol. The number of likely N-dealkylation sites (N-methyl/N-ethyl adjacent to an activating group) is 1. The summed E-state index contributed by atoms with van der Waals surface area (Å²) >= 11 is 0. The van der Waals surface area contributed by atoms with E-state index in [0.29, 0.717) is 25.8 Å². The van der Waals surface area contributed by atoms with Gasteiger partial charge in [0.05, 0.1) is 25.8 Å². The van der Waals surface area contributed by atoms with Gasteiger partial charge in [0.1, 0.15) is 5.82 Å². The van der Waals surface area contributed by atoms with Crippen molar-refractivity contribution >= 4 is 5.82 Å². The Morgan fingerprint density at radius 1 is 1.36 bits per heavy atom. The van der Waals surface area contributed by atoms with E-state index in [1.54, 1.807) is 0 Å². The molecule has 2 unspecified atom stereocenters. The lowest BCUT2D eigenvalue weighted by atomic mass is 9.92. The molecule has 22 heavy (non-hydrogen) atoms. The number of nitrogens with zero attached hydrogens (tertiary/aromatic N) is 2. The van der Waals surface area contributed by atoms with E-state index in [1.165, 1.54) is 11.3 Å². The molecule has 6 nitrogen and oxygen atoms in total. The second-order valence-corrected chi connectivity index (χ2v) is 6.50. The van der Waals surface area contributed by atoms with Gasteiger partial charge < -0.3 is 25.4 Å². The number of pyridine rings is 1. The fraction of sp³-hybridized carbons (Fsp3) is 0.688. The highest BCUT2D eigenvalue weighted by molar-refractivity contribution is 5.45. The molecule has 120 valence electrons. The van der Waals surface area contributed by atoms with Gasteiger partial charge in [0.25, 0.3) is 0 Å². The van der Waals surface area contributed by atoms with Crippen molar-refractivity contribution in [3.05, 3.63) is 23.4 Å². The topological polar surface area (TPSA) is 72.6 Å². The maximum Gasteiger partial charge on any atom is 0.203 e. The molecule has 2 atom stereocenters. The Bertz CT molecular complexity index is 559. The Kier molecular flexibility index (Phi) is 3.57. The summed E-state index contributed by atoms with van der Waals surface area (Å²) in [5, 5.41) is 3.37. The highest BCUT2D eigenvalue weighted by Gasteiger charge is 2.50. The molecule has 2 aliphatic heterocycles. The average molecular weight is 304 g/mol. The summed E-state index contributed by atoms with van der Waals surface area (Å²) in [7, 11) is 2.03. The smallest absolute Gasteiger partial charge is 0.203 e. The zero-order chi connectivity index (χ0) is 15.2. The van der Waals surface area contributed by atoms with Crippen LogP contribution in [0.2, 0.25) is 0 Å². The molecule has 3 heterocycles. The number of aryl methyl sites for hydroxylation is 1. The van der Waals surface area contributed by atoms with Crippen LogP contribution in [0.25, 0.3) is 0 Å². The maximum absolute atomic E-state index is 6.25. The van der Waals surface area contributed by atoms with Crippen molar-refractivity contribution in [2.75, 3.05) is 38.3 Å². The fourth-order valence-electron chi connectivity index (χ4n) is 3.80. The number of aromatic nitrogens is 1. The Morgan fingerprint density at radius 2 is 2.18 bits per heavy atom. The van der Waals surface area contributed by atoms with Gasteiger partial charge in [-0.25, -0.2) is 4.98 Å². The second-order valence-electron chi connectivity index (χ2n) is 6.50. The van der Waals surface area contributed by atoms with Crippen molar-refractivity contribution in [2.24, 2.45) is 5.73 Å². The van der Waals surface area contributed by atoms with Gasteiger partial charge in [-0.15, -0.1) is 0 Å². The standard InChI is InChI=1S/C16H24N4O2/c1-18-12-3-4-13-11(8-12)2-5-15(19-13)20-9-14(17)16(10-20)21-6-7-22-16/h2,5,12,14,18H,3-4,6-10,17H2,1H3. The van der Waals surface area contributed by atoms with Crippen LogP contribution in [0.3, 0.4) is 0 Å².